The molecule has 1 fully saturated rings. The fourth-order valence-corrected chi connectivity index (χ4v) is 2.87. The molecule has 2 rings (SSSR count). The molecule has 0 aliphatic heterocycles. The van der Waals surface area contributed by atoms with Crippen LogP contribution in [0.15, 0.2) is 36.4 Å². The maximum atomic E-state index is 10.3. The molecule has 1 aliphatic carbocycles. The third-order valence-electron chi connectivity index (χ3n) is 4.09. The van der Waals surface area contributed by atoms with Crippen LogP contribution in [0, 0.1) is 5.92 Å². The van der Waals surface area contributed by atoms with Crippen molar-refractivity contribution in [1.29, 1.82) is 0 Å². The Labute approximate surface area is 110 Å². The first-order valence-electron chi connectivity index (χ1n) is 7.04. The highest BCUT2D eigenvalue weighted by atomic mass is 16.1. The highest BCUT2D eigenvalue weighted by Crippen LogP contribution is 2.36. The second-order valence-electron chi connectivity index (χ2n) is 5.23. The van der Waals surface area contributed by atoms with E-state index in [0.717, 1.165) is 18.6 Å². The van der Waals surface area contributed by atoms with Crippen LogP contribution in [0.1, 0.15) is 49.7 Å². The van der Waals surface area contributed by atoms with Gasteiger partial charge in [-0.05, 0) is 61.1 Å². The molecule has 0 radical (unpaired) electrons. The molecule has 1 nitrogen and oxygen atoms in total. The predicted molar refractivity (Wildman–Crippen MR) is 75.7 cm³/mol. The Bertz CT molecular complexity index is 394. The molecule has 0 N–H and O–H groups in total. The van der Waals surface area contributed by atoms with Gasteiger partial charge in [-0.1, -0.05) is 37.3 Å². The number of aldehydes is 1. The van der Waals surface area contributed by atoms with E-state index in [9.17, 15) is 4.79 Å². The molecule has 0 saturated heterocycles. The second kappa shape index (κ2) is 6.53. The molecule has 96 valence electrons. The van der Waals surface area contributed by atoms with Crippen LogP contribution in [0.5, 0.6) is 0 Å². The van der Waals surface area contributed by atoms with Crippen molar-refractivity contribution in [2.45, 2.75) is 44.9 Å². The zero-order valence-electron chi connectivity index (χ0n) is 11.1. The van der Waals surface area contributed by atoms with Crippen LogP contribution in [-0.4, -0.2) is 6.29 Å². The Morgan fingerprint density at radius 2 is 1.78 bits per heavy atom. The van der Waals surface area contributed by atoms with Crippen molar-refractivity contribution >= 4 is 6.29 Å². The largest absolute Gasteiger partial charge is 0.299 e. The maximum absolute atomic E-state index is 10.3. The number of aryl methyl sites for hydroxylation is 1. The summed E-state index contributed by atoms with van der Waals surface area (Å²) in [6.07, 6.45) is 10.7. The lowest BCUT2D eigenvalue weighted by molar-refractivity contribution is -0.104. The zero-order valence-corrected chi connectivity index (χ0v) is 11.1. The minimum atomic E-state index is 0.612. The summed E-state index contributed by atoms with van der Waals surface area (Å²) in [5.41, 5.74) is 2.91. The smallest absolute Gasteiger partial charge is 0.142 e. The van der Waals surface area contributed by atoms with Gasteiger partial charge in [-0.2, -0.15) is 0 Å². The molecule has 0 unspecified atom stereocenters. The lowest BCUT2D eigenvalue weighted by atomic mass is 9.78. The number of hydrogen-bond donors (Lipinski definition) is 0. The van der Waals surface area contributed by atoms with Gasteiger partial charge >= 0.3 is 0 Å². The van der Waals surface area contributed by atoms with Gasteiger partial charge in [0.15, 0.2) is 0 Å². The van der Waals surface area contributed by atoms with Gasteiger partial charge in [0.2, 0.25) is 0 Å². The molecule has 0 spiro atoms. The Hall–Kier alpha value is -1.37. The van der Waals surface area contributed by atoms with E-state index in [1.54, 1.807) is 6.08 Å². The number of carbonyl (C=O) groups excluding carboxylic acids is 1. The van der Waals surface area contributed by atoms with E-state index < -0.39 is 0 Å². The molecule has 1 aromatic rings. The van der Waals surface area contributed by atoms with Crippen LogP contribution in [0.2, 0.25) is 0 Å². The molecule has 0 amide bonds. The summed E-state index contributed by atoms with van der Waals surface area (Å²) >= 11 is 0. The third-order valence-corrected chi connectivity index (χ3v) is 4.09. The summed E-state index contributed by atoms with van der Waals surface area (Å²) in [4.78, 5) is 10.3. The van der Waals surface area contributed by atoms with Crippen LogP contribution >= 0.6 is 0 Å². The van der Waals surface area contributed by atoms with Crippen LogP contribution in [0.4, 0.5) is 0 Å². The van der Waals surface area contributed by atoms with Gasteiger partial charge in [-0.15, -0.1) is 0 Å². The molecule has 0 aromatic heterocycles. The summed E-state index contributed by atoms with van der Waals surface area (Å²) in [6, 6.07) is 9.11. The predicted octanol–water partition coefficient (Wildman–Crippen LogP) is 4.28. The van der Waals surface area contributed by atoms with E-state index >= 15 is 0 Å². The first-order chi connectivity index (χ1) is 8.83. The molecule has 1 aromatic carbocycles. The van der Waals surface area contributed by atoms with Gasteiger partial charge in [-0.3, -0.25) is 4.79 Å². The van der Waals surface area contributed by atoms with Crippen molar-refractivity contribution in [3.63, 3.8) is 0 Å². The summed E-state index contributed by atoms with van der Waals surface area (Å²) in [5, 5.41) is 0. The lowest BCUT2D eigenvalue weighted by Gasteiger charge is -2.27. The van der Waals surface area contributed by atoms with E-state index in [1.165, 1.54) is 36.8 Å². The molecule has 1 saturated carbocycles. The average Bonchev–Trinajstić information content (AvgIpc) is 2.46. The molecule has 0 atom stereocenters. The number of allylic oxidation sites excluding steroid dienone is 2. The zero-order chi connectivity index (χ0) is 12.8. The normalized spacial score (nSPS) is 24.3. The van der Waals surface area contributed by atoms with E-state index in [4.69, 9.17) is 0 Å². The van der Waals surface area contributed by atoms with Gasteiger partial charge in [0, 0.05) is 0 Å². The van der Waals surface area contributed by atoms with Crippen molar-refractivity contribution in [2.75, 3.05) is 0 Å². The number of hydrogen-bond acceptors (Lipinski definition) is 1. The van der Waals surface area contributed by atoms with Gasteiger partial charge in [0.25, 0.3) is 0 Å². The van der Waals surface area contributed by atoms with Crippen molar-refractivity contribution in [1.82, 2.24) is 0 Å². The SMILES string of the molecule is CCc1ccc([C@H]2CC[C@H](C=CC=O)CC2)cc1. The van der Waals surface area contributed by atoms with Gasteiger partial charge in [-0.25, -0.2) is 0 Å². The van der Waals surface area contributed by atoms with Crippen molar-refractivity contribution in [3.8, 4) is 0 Å². The topological polar surface area (TPSA) is 17.1 Å². The maximum Gasteiger partial charge on any atom is 0.142 e. The minimum absolute atomic E-state index is 0.612. The fourth-order valence-electron chi connectivity index (χ4n) is 2.87. The third kappa shape index (κ3) is 3.32. The summed E-state index contributed by atoms with van der Waals surface area (Å²) in [5.74, 6) is 1.33. The van der Waals surface area contributed by atoms with Gasteiger partial charge < -0.3 is 0 Å². The Kier molecular flexibility index (Phi) is 4.74. The van der Waals surface area contributed by atoms with E-state index in [-0.39, 0.29) is 0 Å². The molecular weight excluding hydrogens is 220 g/mol. The lowest BCUT2D eigenvalue weighted by Crippen LogP contribution is -2.11. The summed E-state index contributed by atoms with van der Waals surface area (Å²) in [6.45, 7) is 2.19. The fraction of sp³-hybridized carbons (Fsp3) is 0.471. The van der Waals surface area contributed by atoms with Gasteiger partial charge in [0.05, 0.1) is 0 Å². The first-order valence-corrected chi connectivity index (χ1v) is 7.04. The number of rotatable bonds is 4. The number of benzene rings is 1. The second-order valence-corrected chi connectivity index (χ2v) is 5.23. The highest BCUT2D eigenvalue weighted by molar-refractivity contribution is 5.64. The first kappa shape index (κ1) is 13.1. The standard InChI is InChI=1S/C17H22O/c1-2-14-5-9-16(10-6-14)17-11-7-15(8-12-17)4-3-13-18/h3-6,9-10,13,15,17H,2,7-8,11-12H2,1H3/t15-,17-. The molecule has 1 heteroatoms. The Morgan fingerprint density at radius 1 is 1.11 bits per heavy atom. The van der Waals surface area contributed by atoms with E-state index in [1.807, 2.05) is 0 Å². The molecular formula is C17H22O. The van der Waals surface area contributed by atoms with Gasteiger partial charge in [0.1, 0.15) is 6.29 Å². The monoisotopic (exact) mass is 242 g/mol. The van der Waals surface area contributed by atoms with E-state index in [0.29, 0.717) is 5.92 Å². The average molecular weight is 242 g/mol. The molecule has 0 bridgehead atoms. The minimum Gasteiger partial charge on any atom is -0.299 e. The van der Waals surface area contributed by atoms with E-state index in [2.05, 4.69) is 37.3 Å². The van der Waals surface area contributed by atoms with Crippen molar-refractivity contribution in [2.24, 2.45) is 5.92 Å². The Balaban J connectivity index is 1.92. The quantitative estimate of drug-likeness (QED) is 0.569. The van der Waals surface area contributed by atoms with Crippen LogP contribution in [-0.2, 0) is 11.2 Å². The van der Waals surface area contributed by atoms with Crippen LogP contribution < -0.4 is 0 Å². The van der Waals surface area contributed by atoms with Crippen LogP contribution in [0.3, 0.4) is 0 Å². The molecule has 0 heterocycles. The molecule has 18 heavy (non-hydrogen) atoms. The van der Waals surface area contributed by atoms with Crippen molar-refractivity contribution in [3.05, 3.63) is 47.5 Å². The number of carbonyl (C=O) groups is 1. The highest BCUT2D eigenvalue weighted by Gasteiger charge is 2.20. The summed E-state index contributed by atoms with van der Waals surface area (Å²) in [7, 11) is 0. The molecule has 1 aliphatic rings. The summed E-state index contributed by atoms with van der Waals surface area (Å²) < 4.78 is 0. The Morgan fingerprint density at radius 3 is 2.33 bits per heavy atom. The van der Waals surface area contributed by atoms with Crippen LogP contribution in [0.25, 0.3) is 0 Å². The van der Waals surface area contributed by atoms with Crippen molar-refractivity contribution < 1.29 is 4.79 Å².